The van der Waals surface area contributed by atoms with Crippen molar-refractivity contribution in [3.63, 3.8) is 0 Å². The van der Waals surface area contributed by atoms with Crippen molar-refractivity contribution in [3.8, 4) is 12.3 Å². The molecule has 9 heteroatoms. The van der Waals surface area contributed by atoms with Crippen LogP contribution in [0.2, 0.25) is 0 Å². The summed E-state index contributed by atoms with van der Waals surface area (Å²) >= 11 is 0. The van der Waals surface area contributed by atoms with Crippen LogP contribution in [0.1, 0.15) is 6.23 Å². The number of aromatic nitrogens is 2. The number of nitrogens with one attached hydrogen (secondary N) is 1. The fraction of sp³-hybridized carbons (Fsp3) is 0.455. The molecule has 0 aliphatic carbocycles. The summed E-state index contributed by atoms with van der Waals surface area (Å²) in [7, 11) is 0. The molecular formula is C11H13N3O6. The van der Waals surface area contributed by atoms with E-state index in [-0.39, 0.29) is 5.82 Å². The van der Waals surface area contributed by atoms with E-state index < -0.39 is 36.3 Å². The molecule has 2 rings (SSSR count). The molecule has 1 aromatic rings. The number of anilines is 1. The van der Waals surface area contributed by atoms with Crippen molar-refractivity contribution < 1.29 is 25.3 Å². The van der Waals surface area contributed by atoms with Crippen LogP contribution < -0.4 is 11.2 Å². The van der Waals surface area contributed by atoms with Crippen molar-refractivity contribution in [2.24, 2.45) is 0 Å². The van der Waals surface area contributed by atoms with Gasteiger partial charge in [0.25, 0.3) is 0 Å². The standard InChI is InChI=1S/C11H13N3O6/c1-2-11(5-15)8(17)7(16)9(20-11)14-4-3-6(13-19)12-10(14)18/h1,3-4,7-9,15-17,19H,5H2,(H,12,13,18). The molecule has 0 radical (unpaired) electrons. The van der Waals surface area contributed by atoms with Gasteiger partial charge in [-0.3, -0.25) is 15.3 Å². The van der Waals surface area contributed by atoms with E-state index in [1.807, 2.05) is 0 Å². The quantitative estimate of drug-likeness (QED) is 0.307. The minimum atomic E-state index is -1.79. The molecule has 5 N–H and O–H groups in total. The second-order valence-corrected chi connectivity index (χ2v) is 4.25. The van der Waals surface area contributed by atoms with Gasteiger partial charge in [0.05, 0.1) is 6.61 Å². The Hall–Kier alpha value is -1.96. The second kappa shape index (κ2) is 5.20. The first-order valence-electron chi connectivity index (χ1n) is 5.61. The maximum atomic E-state index is 11.7. The first-order valence-corrected chi connectivity index (χ1v) is 5.61. The first kappa shape index (κ1) is 14.4. The molecule has 1 aliphatic heterocycles. The predicted octanol–water partition coefficient (Wildman–Crippen LogP) is -2.34. The topological polar surface area (TPSA) is 137 Å². The Kier molecular flexibility index (Phi) is 3.76. The highest BCUT2D eigenvalue weighted by Crippen LogP contribution is 2.35. The summed E-state index contributed by atoms with van der Waals surface area (Å²) in [5, 5.41) is 37.7. The van der Waals surface area contributed by atoms with Crippen molar-refractivity contribution >= 4 is 5.82 Å². The van der Waals surface area contributed by atoms with Crippen LogP contribution in [-0.2, 0) is 4.74 Å². The van der Waals surface area contributed by atoms with Crippen LogP contribution in [0.4, 0.5) is 5.82 Å². The maximum Gasteiger partial charge on any atom is 0.351 e. The molecule has 9 nitrogen and oxygen atoms in total. The van der Waals surface area contributed by atoms with E-state index in [0.29, 0.717) is 0 Å². The summed E-state index contributed by atoms with van der Waals surface area (Å²) in [4.78, 5) is 15.2. The summed E-state index contributed by atoms with van der Waals surface area (Å²) in [6.45, 7) is -0.726. The minimum Gasteiger partial charge on any atom is -0.392 e. The molecule has 0 bridgehead atoms. The molecule has 0 spiro atoms. The van der Waals surface area contributed by atoms with E-state index in [1.54, 1.807) is 5.48 Å². The van der Waals surface area contributed by atoms with E-state index in [0.717, 1.165) is 4.57 Å². The maximum absolute atomic E-state index is 11.7. The van der Waals surface area contributed by atoms with Crippen molar-refractivity contribution in [2.75, 3.05) is 12.1 Å². The molecule has 1 saturated heterocycles. The highest BCUT2D eigenvalue weighted by molar-refractivity contribution is 5.28. The van der Waals surface area contributed by atoms with Crippen molar-refractivity contribution in [1.29, 1.82) is 0 Å². The zero-order valence-electron chi connectivity index (χ0n) is 10.2. The number of terminal acetylenes is 1. The molecule has 20 heavy (non-hydrogen) atoms. The van der Waals surface area contributed by atoms with Crippen molar-refractivity contribution in [2.45, 2.75) is 24.0 Å². The van der Waals surface area contributed by atoms with E-state index in [1.165, 1.54) is 12.3 Å². The number of nitrogens with zero attached hydrogens (tertiary/aromatic N) is 2. The number of hydrogen-bond acceptors (Lipinski definition) is 8. The molecule has 0 amide bonds. The van der Waals surface area contributed by atoms with Gasteiger partial charge in [-0.15, -0.1) is 6.42 Å². The van der Waals surface area contributed by atoms with Gasteiger partial charge in [-0.05, 0) is 6.07 Å². The number of aliphatic hydroxyl groups is 3. The lowest BCUT2D eigenvalue weighted by atomic mass is 9.97. The van der Waals surface area contributed by atoms with Gasteiger partial charge in [0.2, 0.25) is 0 Å². The highest BCUT2D eigenvalue weighted by Gasteiger charge is 2.54. The van der Waals surface area contributed by atoms with Crippen molar-refractivity contribution in [3.05, 3.63) is 22.7 Å². The fourth-order valence-corrected chi connectivity index (χ4v) is 1.97. The second-order valence-electron chi connectivity index (χ2n) is 4.25. The van der Waals surface area contributed by atoms with Crippen LogP contribution in [-0.4, -0.2) is 54.5 Å². The third-order valence-corrected chi connectivity index (χ3v) is 3.12. The summed E-state index contributed by atoms with van der Waals surface area (Å²) in [6, 6.07) is 1.25. The molecule has 4 unspecified atom stereocenters. The average molecular weight is 283 g/mol. The molecule has 1 aromatic heterocycles. The summed E-state index contributed by atoms with van der Waals surface area (Å²) in [6.07, 6.45) is 2.00. The lowest BCUT2D eigenvalue weighted by Gasteiger charge is -2.23. The lowest BCUT2D eigenvalue weighted by Crippen LogP contribution is -2.45. The van der Waals surface area contributed by atoms with Gasteiger partial charge in [-0.1, -0.05) is 5.92 Å². The monoisotopic (exact) mass is 283 g/mol. The lowest BCUT2D eigenvalue weighted by molar-refractivity contribution is -0.0936. The number of aliphatic hydroxyl groups excluding tert-OH is 3. The van der Waals surface area contributed by atoms with Gasteiger partial charge in [-0.2, -0.15) is 4.98 Å². The van der Waals surface area contributed by atoms with E-state index in [4.69, 9.17) is 16.4 Å². The third-order valence-electron chi connectivity index (χ3n) is 3.12. The molecular weight excluding hydrogens is 270 g/mol. The molecule has 1 aliphatic rings. The largest absolute Gasteiger partial charge is 0.392 e. The van der Waals surface area contributed by atoms with Gasteiger partial charge in [0.15, 0.2) is 17.6 Å². The smallest absolute Gasteiger partial charge is 0.351 e. The Morgan fingerprint density at radius 3 is 2.75 bits per heavy atom. The van der Waals surface area contributed by atoms with Crippen LogP contribution >= 0.6 is 0 Å². The van der Waals surface area contributed by atoms with Crippen LogP contribution in [0.15, 0.2) is 17.1 Å². The van der Waals surface area contributed by atoms with Gasteiger partial charge >= 0.3 is 5.69 Å². The molecule has 4 atom stereocenters. The summed E-state index contributed by atoms with van der Waals surface area (Å²) in [5.74, 6) is 1.99. The summed E-state index contributed by atoms with van der Waals surface area (Å²) < 4.78 is 6.16. The third kappa shape index (κ3) is 2.05. The van der Waals surface area contributed by atoms with Crippen LogP contribution in [0.3, 0.4) is 0 Å². The molecule has 2 heterocycles. The van der Waals surface area contributed by atoms with Crippen LogP contribution in [0.25, 0.3) is 0 Å². The predicted molar refractivity (Wildman–Crippen MR) is 64.7 cm³/mol. The Bertz CT molecular complexity index is 597. The van der Waals surface area contributed by atoms with Gasteiger partial charge in [0, 0.05) is 6.20 Å². The van der Waals surface area contributed by atoms with Gasteiger partial charge in [-0.25, -0.2) is 4.79 Å². The highest BCUT2D eigenvalue weighted by atomic mass is 16.6. The molecule has 108 valence electrons. The van der Waals surface area contributed by atoms with Gasteiger partial charge in [0.1, 0.15) is 12.2 Å². The number of ether oxygens (including phenoxy) is 1. The average Bonchev–Trinajstić information content (AvgIpc) is 2.72. The van der Waals surface area contributed by atoms with Crippen LogP contribution in [0, 0.1) is 12.3 Å². The molecule has 0 aromatic carbocycles. The van der Waals surface area contributed by atoms with E-state index in [9.17, 15) is 20.1 Å². The Morgan fingerprint density at radius 1 is 1.60 bits per heavy atom. The Balaban J connectivity index is 2.40. The van der Waals surface area contributed by atoms with Crippen molar-refractivity contribution in [1.82, 2.24) is 9.55 Å². The minimum absolute atomic E-state index is 0.0929. The SMILES string of the molecule is C#CC1(CO)OC(n2ccc(NO)nc2=O)C(O)C1O. The fourth-order valence-electron chi connectivity index (χ4n) is 1.97. The number of hydrogen-bond donors (Lipinski definition) is 5. The Labute approximate surface area is 113 Å². The van der Waals surface area contributed by atoms with Crippen LogP contribution in [0.5, 0.6) is 0 Å². The molecule has 1 fully saturated rings. The normalized spacial score (nSPS) is 32.9. The van der Waals surface area contributed by atoms with E-state index in [2.05, 4.69) is 10.9 Å². The zero-order chi connectivity index (χ0) is 14.9. The summed E-state index contributed by atoms with van der Waals surface area (Å²) in [5.41, 5.74) is -0.941. The van der Waals surface area contributed by atoms with E-state index >= 15 is 0 Å². The van der Waals surface area contributed by atoms with Gasteiger partial charge < -0.3 is 20.1 Å². The zero-order valence-corrected chi connectivity index (χ0v) is 10.2. The number of rotatable bonds is 3. The Morgan fingerprint density at radius 2 is 2.30 bits per heavy atom. The molecule has 0 saturated carbocycles. The first-order chi connectivity index (χ1) is 9.49.